The van der Waals surface area contributed by atoms with Gasteiger partial charge in [0.15, 0.2) is 5.69 Å². The zero-order valence-corrected chi connectivity index (χ0v) is 13.0. The predicted molar refractivity (Wildman–Crippen MR) is 84.6 cm³/mol. The number of benzene rings is 1. The molecule has 0 bridgehead atoms. The van der Waals surface area contributed by atoms with E-state index < -0.39 is 0 Å². The summed E-state index contributed by atoms with van der Waals surface area (Å²) in [5, 5.41) is 7.29. The third-order valence-corrected chi connectivity index (χ3v) is 5.42. The Hall–Kier alpha value is -2.30. The van der Waals surface area contributed by atoms with Gasteiger partial charge in [0.2, 0.25) is 0 Å². The Kier molecular flexibility index (Phi) is 2.63. The topological polar surface area (TPSA) is 58.2 Å². The summed E-state index contributed by atoms with van der Waals surface area (Å²) in [6, 6.07) is 8.21. The summed E-state index contributed by atoms with van der Waals surface area (Å²) in [7, 11) is 0. The number of aromatic nitrogens is 2. The molecule has 118 valence electrons. The molecule has 1 spiro atoms. The number of aryl methyl sites for hydroxylation is 1. The Bertz CT molecular complexity index is 789. The maximum absolute atomic E-state index is 12.7. The van der Waals surface area contributed by atoms with Crippen molar-refractivity contribution in [2.45, 2.75) is 25.7 Å². The number of carbonyl (C=O) groups is 1. The van der Waals surface area contributed by atoms with Gasteiger partial charge in [-0.25, -0.2) is 0 Å². The molecule has 1 aromatic heterocycles. The minimum Gasteiger partial charge on any atom is -0.493 e. The molecule has 1 saturated heterocycles. The molecule has 0 saturated carbocycles. The van der Waals surface area contributed by atoms with Gasteiger partial charge in [0.05, 0.1) is 6.61 Å². The van der Waals surface area contributed by atoms with Crippen LogP contribution in [0.5, 0.6) is 5.75 Å². The molecular formula is C18H19N3O2. The van der Waals surface area contributed by atoms with Gasteiger partial charge in [-0.05, 0) is 37.3 Å². The summed E-state index contributed by atoms with van der Waals surface area (Å²) < 4.78 is 5.91. The van der Waals surface area contributed by atoms with Gasteiger partial charge < -0.3 is 9.64 Å². The van der Waals surface area contributed by atoms with Gasteiger partial charge in [-0.1, -0.05) is 18.2 Å². The summed E-state index contributed by atoms with van der Waals surface area (Å²) in [5.41, 5.74) is 4.28. The summed E-state index contributed by atoms with van der Waals surface area (Å²) >= 11 is 0. The van der Waals surface area contributed by atoms with Crippen molar-refractivity contribution in [1.29, 1.82) is 0 Å². The number of nitrogens with one attached hydrogen (secondary N) is 1. The van der Waals surface area contributed by atoms with Crippen molar-refractivity contribution in [2.75, 3.05) is 19.7 Å². The van der Waals surface area contributed by atoms with Gasteiger partial charge in [0, 0.05) is 29.8 Å². The largest absolute Gasteiger partial charge is 0.493 e. The van der Waals surface area contributed by atoms with Crippen LogP contribution in [0.25, 0.3) is 0 Å². The Labute approximate surface area is 134 Å². The predicted octanol–water partition coefficient (Wildman–Crippen LogP) is 1.98. The average Bonchev–Trinajstić information content (AvgIpc) is 3.14. The number of carbonyl (C=O) groups excluding carboxylic acids is 1. The van der Waals surface area contributed by atoms with Crippen molar-refractivity contribution in [1.82, 2.24) is 15.1 Å². The maximum Gasteiger partial charge on any atom is 0.274 e. The Morgan fingerprint density at radius 1 is 1.26 bits per heavy atom. The zero-order chi connectivity index (χ0) is 15.4. The molecule has 5 nitrogen and oxygen atoms in total. The highest BCUT2D eigenvalue weighted by molar-refractivity contribution is 5.94. The standard InChI is InChI=1S/C18H19N3O2/c22-17(16-13-5-3-6-14(13)19-20-16)21-9-18(10-21)8-12-4-1-2-7-15(12)23-11-18/h1-2,4,7H,3,5-6,8-11H2,(H,19,20). The normalized spacial score (nSPS) is 20.6. The first-order valence-electron chi connectivity index (χ1n) is 8.30. The van der Waals surface area contributed by atoms with E-state index in [1.165, 1.54) is 5.56 Å². The second-order valence-corrected chi connectivity index (χ2v) is 7.12. The van der Waals surface area contributed by atoms with Crippen LogP contribution >= 0.6 is 0 Å². The van der Waals surface area contributed by atoms with Gasteiger partial charge in [0.25, 0.3) is 5.91 Å². The Morgan fingerprint density at radius 3 is 3.04 bits per heavy atom. The lowest BCUT2D eigenvalue weighted by Crippen LogP contribution is -2.63. The molecule has 2 aromatic rings. The summed E-state index contributed by atoms with van der Waals surface area (Å²) in [4.78, 5) is 14.6. The number of amides is 1. The molecule has 3 heterocycles. The second kappa shape index (κ2) is 4.60. The maximum atomic E-state index is 12.7. The third-order valence-electron chi connectivity index (χ3n) is 5.42. The van der Waals surface area contributed by atoms with Crippen molar-refractivity contribution >= 4 is 5.91 Å². The van der Waals surface area contributed by atoms with E-state index in [9.17, 15) is 4.79 Å². The summed E-state index contributed by atoms with van der Waals surface area (Å²) in [6.07, 6.45) is 4.11. The van der Waals surface area contributed by atoms with Crippen LogP contribution < -0.4 is 4.74 Å². The fourth-order valence-corrected chi connectivity index (χ4v) is 4.23. The lowest BCUT2D eigenvalue weighted by molar-refractivity contribution is -0.0294. The van der Waals surface area contributed by atoms with Crippen molar-refractivity contribution < 1.29 is 9.53 Å². The summed E-state index contributed by atoms with van der Waals surface area (Å²) in [6.45, 7) is 2.23. The zero-order valence-electron chi connectivity index (χ0n) is 13.0. The molecule has 1 aromatic carbocycles. The number of para-hydroxylation sites is 1. The van der Waals surface area contributed by atoms with E-state index in [1.807, 2.05) is 17.0 Å². The van der Waals surface area contributed by atoms with Crippen molar-refractivity contribution in [3.05, 3.63) is 46.8 Å². The molecule has 23 heavy (non-hydrogen) atoms. The molecule has 1 fully saturated rings. The number of nitrogens with zero attached hydrogens (tertiary/aromatic N) is 2. The van der Waals surface area contributed by atoms with Crippen molar-refractivity contribution in [2.24, 2.45) is 5.41 Å². The lowest BCUT2D eigenvalue weighted by atomic mass is 9.74. The van der Waals surface area contributed by atoms with Crippen molar-refractivity contribution in [3.8, 4) is 5.75 Å². The molecule has 1 N–H and O–H groups in total. The second-order valence-electron chi connectivity index (χ2n) is 7.12. The van der Waals surface area contributed by atoms with Crippen LogP contribution in [0.1, 0.15) is 33.7 Å². The number of H-pyrrole nitrogens is 1. The SMILES string of the molecule is O=C(c1n[nH]c2c1CCC2)N1CC2(COc3ccccc3C2)C1. The quantitative estimate of drug-likeness (QED) is 0.876. The number of fused-ring (bicyclic) bond motifs is 2. The third kappa shape index (κ3) is 1.92. The summed E-state index contributed by atoms with van der Waals surface area (Å²) in [5.74, 6) is 1.07. The molecule has 5 heteroatoms. The first kappa shape index (κ1) is 13.2. The van der Waals surface area contributed by atoms with Gasteiger partial charge in [-0.2, -0.15) is 5.10 Å². The van der Waals surface area contributed by atoms with Crippen LogP contribution in [0.4, 0.5) is 0 Å². The van der Waals surface area contributed by atoms with E-state index in [1.54, 1.807) is 0 Å². The fourth-order valence-electron chi connectivity index (χ4n) is 4.23. The smallest absolute Gasteiger partial charge is 0.274 e. The van der Waals surface area contributed by atoms with Crippen molar-refractivity contribution in [3.63, 3.8) is 0 Å². The van der Waals surface area contributed by atoms with E-state index >= 15 is 0 Å². The van der Waals surface area contributed by atoms with E-state index in [0.717, 1.165) is 55.8 Å². The van der Waals surface area contributed by atoms with Crippen LogP contribution in [0.15, 0.2) is 24.3 Å². The average molecular weight is 309 g/mol. The number of aromatic amines is 1. The Morgan fingerprint density at radius 2 is 2.13 bits per heavy atom. The number of ether oxygens (including phenoxy) is 1. The van der Waals surface area contributed by atoms with Crippen LogP contribution in [-0.2, 0) is 19.3 Å². The molecule has 0 unspecified atom stereocenters. The number of hydrogen-bond donors (Lipinski definition) is 1. The first-order valence-corrected chi connectivity index (χ1v) is 8.30. The van der Waals surface area contributed by atoms with Crippen LogP contribution in [-0.4, -0.2) is 40.7 Å². The fraction of sp³-hybridized carbons (Fsp3) is 0.444. The van der Waals surface area contributed by atoms with E-state index in [4.69, 9.17) is 4.74 Å². The monoisotopic (exact) mass is 309 g/mol. The van der Waals surface area contributed by atoms with Crippen LogP contribution in [0.3, 0.4) is 0 Å². The van der Waals surface area contributed by atoms with Crippen LogP contribution in [0.2, 0.25) is 0 Å². The highest BCUT2D eigenvalue weighted by Gasteiger charge is 2.48. The van der Waals surface area contributed by atoms with Gasteiger partial charge in [0.1, 0.15) is 5.75 Å². The van der Waals surface area contributed by atoms with E-state index in [0.29, 0.717) is 12.3 Å². The van der Waals surface area contributed by atoms with E-state index in [-0.39, 0.29) is 11.3 Å². The number of hydrogen-bond acceptors (Lipinski definition) is 3. The Balaban J connectivity index is 1.32. The lowest BCUT2D eigenvalue weighted by Gasteiger charge is -2.51. The van der Waals surface area contributed by atoms with Crippen LogP contribution in [0, 0.1) is 5.41 Å². The number of likely N-dealkylation sites (tertiary alicyclic amines) is 1. The molecule has 0 radical (unpaired) electrons. The first-order chi connectivity index (χ1) is 11.2. The minimum atomic E-state index is 0.0777. The highest BCUT2D eigenvalue weighted by Crippen LogP contribution is 2.41. The van der Waals surface area contributed by atoms with Gasteiger partial charge in [-0.15, -0.1) is 0 Å². The minimum absolute atomic E-state index is 0.0777. The van der Waals surface area contributed by atoms with Gasteiger partial charge in [-0.3, -0.25) is 9.89 Å². The van der Waals surface area contributed by atoms with E-state index in [2.05, 4.69) is 22.3 Å². The molecular weight excluding hydrogens is 290 g/mol. The molecule has 5 rings (SSSR count). The highest BCUT2D eigenvalue weighted by atomic mass is 16.5. The molecule has 2 aliphatic heterocycles. The molecule has 3 aliphatic rings. The van der Waals surface area contributed by atoms with Gasteiger partial charge >= 0.3 is 0 Å². The molecule has 1 aliphatic carbocycles. The molecule has 0 atom stereocenters. The number of rotatable bonds is 1. The molecule has 1 amide bonds.